The quantitative estimate of drug-likeness (QED) is 0.766. The van der Waals surface area contributed by atoms with Crippen molar-refractivity contribution >= 4 is 12.0 Å². The summed E-state index contributed by atoms with van der Waals surface area (Å²) in [7, 11) is 0. The second-order valence-corrected chi connectivity index (χ2v) is 9.24. The molecule has 146 valence electrons. The van der Waals surface area contributed by atoms with Crippen LogP contribution in [0.3, 0.4) is 0 Å². The first-order valence-corrected chi connectivity index (χ1v) is 9.64. The fraction of sp³-hybridized carbons (Fsp3) is 0.714. The lowest BCUT2D eigenvalue weighted by molar-refractivity contribution is -0.125. The molecule has 0 spiro atoms. The van der Waals surface area contributed by atoms with Crippen molar-refractivity contribution in [2.24, 2.45) is 5.41 Å². The minimum atomic E-state index is -0.419. The molecular formula is C21H34N2O3. The largest absolute Gasteiger partial charge is 0.444 e. The lowest BCUT2D eigenvalue weighted by Gasteiger charge is -2.33. The monoisotopic (exact) mass is 362 g/mol. The number of likely N-dealkylation sites (tertiary alicyclic amines) is 1. The molecule has 1 saturated heterocycles. The number of hydrogen-bond acceptors (Lipinski definition) is 3. The number of allylic oxidation sites excluding steroid dienone is 3. The van der Waals surface area contributed by atoms with Gasteiger partial charge in [-0.25, -0.2) is 4.79 Å². The van der Waals surface area contributed by atoms with Gasteiger partial charge in [0.15, 0.2) is 0 Å². The topological polar surface area (TPSA) is 58.6 Å². The van der Waals surface area contributed by atoms with Gasteiger partial charge in [-0.2, -0.15) is 0 Å². The first-order chi connectivity index (χ1) is 12.0. The molecule has 1 unspecified atom stereocenters. The lowest BCUT2D eigenvalue weighted by atomic mass is 9.72. The Balaban J connectivity index is 1.90. The molecule has 2 aliphatic rings. The minimum Gasteiger partial charge on any atom is -0.444 e. The Bertz CT molecular complexity index is 611. The summed E-state index contributed by atoms with van der Waals surface area (Å²) < 4.78 is 5.44. The van der Waals surface area contributed by atoms with Gasteiger partial charge in [0, 0.05) is 24.6 Å². The van der Waals surface area contributed by atoms with Crippen LogP contribution >= 0.6 is 0 Å². The van der Waals surface area contributed by atoms with Crippen LogP contribution in [0.25, 0.3) is 0 Å². The van der Waals surface area contributed by atoms with Gasteiger partial charge in [0.2, 0.25) is 5.91 Å². The van der Waals surface area contributed by atoms with E-state index in [1.807, 2.05) is 26.8 Å². The van der Waals surface area contributed by atoms with E-state index in [9.17, 15) is 9.59 Å². The van der Waals surface area contributed by atoms with E-state index in [4.69, 9.17) is 4.74 Å². The number of rotatable bonds is 3. The number of ether oxygens (including phenoxy) is 1. The van der Waals surface area contributed by atoms with E-state index in [-0.39, 0.29) is 23.0 Å². The van der Waals surface area contributed by atoms with Gasteiger partial charge < -0.3 is 15.0 Å². The predicted octanol–water partition coefficient (Wildman–Crippen LogP) is 4.19. The molecule has 1 N–H and O–H groups in total. The average molecular weight is 363 g/mol. The Morgan fingerprint density at radius 3 is 2.62 bits per heavy atom. The molecule has 5 nitrogen and oxygen atoms in total. The Kier molecular flexibility index (Phi) is 6.20. The molecule has 1 heterocycles. The summed E-state index contributed by atoms with van der Waals surface area (Å²) in [5.74, 6) is -0.00555. The van der Waals surface area contributed by atoms with Crippen LogP contribution in [0.2, 0.25) is 0 Å². The second kappa shape index (κ2) is 7.85. The van der Waals surface area contributed by atoms with Crippen LogP contribution in [0, 0.1) is 5.41 Å². The van der Waals surface area contributed by atoms with Crippen LogP contribution in [-0.4, -0.2) is 41.6 Å². The predicted molar refractivity (Wildman–Crippen MR) is 104 cm³/mol. The van der Waals surface area contributed by atoms with Crippen LogP contribution in [0.4, 0.5) is 4.79 Å². The summed E-state index contributed by atoms with van der Waals surface area (Å²) in [4.78, 5) is 26.2. The first kappa shape index (κ1) is 20.5. The Morgan fingerprint density at radius 1 is 1.31 bits per heavy atom. The molecule has 1 aliphatic carbocycles. The molecule has 1 aliphatic heterocycles. The van der Waals surface area contributed by atoms with E-state index in [1.54, 1.807) is 11.0 Å². The SMILES string of the molecule is CC1=C(/C=C/C(=O)N2CCC(OC(=O)NC(C)(C)C)C2)C(C)(C)CCC1. The van der Waals surface area contributed by atoms with Gasteiger partial charge in [0.05, 0.1) is 6.54 Å². The Morgan fingerprint density at radius 2 is 2.00 bits per heavy atom. The van der Waals surface area contributed by atoms with E-state index in [2.05, 4.69) is 26.1 Å². The lowest BCUT2D eigenvalue weighted by Crippen LogP contribution is -2.42. The standard InChI is InChI=1S/C21H34N2O3/c1-15-8-7-12-21(5,6)17(15)9-10-18(24)23-13-11-16(14-23)26-19(25)22-20(2,3)4/h9-10,16H,7-8,11-14H2,1-6H3,(H,22,25)/b10-9+. The highest BCUT2D eigenvalue weighted by molar-refractivity contribution is 5.88. The maximum absolute atomic E-state index is 12.5. The van der Waals surface area contributed by atoms with Crippen LogP contribution in [0.1, 0.15) is 67.2 Å². The molecule has 0 saturated carbocycles. The number of nitrogens with zero attached hydrogens (tertiary/aromatic N) is 1. The van der Waals surface area contributed by atoms with Gasteiger partial charge in [0.25, 0.3) is 0 Å². The molecule has 0 bridgehead atoms. The van der Waals surface area contributed by atoms with Gasteiger partial charge in [-0.15, -0.1) is 0 Å². The number of carbonyl (C=O) groups excluding carboxylic acids is 2. The zero-order valence-electron chi connectivity index (χ0n) is 17.1. The zero-order valence-corrected chi connectivity index (χ0v) is 17.1. The normalized spacial score (nSPS) is 23.5. The Hall–Kier alpha value is -1.78. The van der Waals surface area contributed by atoms with Crippen molar-refractivity contribution in [2.75, 3.05) is 13.1 Å². The van der Waals surface area contributed by atoms with Gasteiger partial charge in [0.1, 0.15) is 6.10 Å². The fourth-order valence-corrected chi connectivity index (χ4v) is 3.78. The molecule has 2 amide bonds. The van der Waals surface area contributed by atoms with Crippen LogP contribution in [-0.2, 0) is 9.53 Å². The molecule has 0 aromatic rings. The van der Waals surface area contributed by atoms with Crippen molar-refractivity contribution in [2.45, 2.75) is 78.9 Å². The molecule has 0 aromatic carbocycles. The highest BCUT2D eigenvalue weighted by atomic mass is 16.6. The van der Waals surface area contributed by atoms with E-state index in [1.165, 1.54) is 17.6 Å². The van der Waals surface area contributed by atoms with Crippen molar-refractivity contribution in [3.8, 4) is 0 Å². The molecule has 26 heavy (non-hydrogen) atoms. The zero-order chi connectivity index (χ0) is 19.5. The highest BCUT2D eigenvalue weighted by Crippen LogP contribution is 2.40. The van der Waals surface area contributed by atoms with Gasteiger partial charge in [-0.3, -0.25) is 4.79 Å². The number of carbonyl (C=O) groups is 2. The van der Waals surface area contributed by atoms with E-state index in [0.29, 0.717) is 19.5 Å². The van der Waals surface area contributed by atoms with Crippen molar-refractivity contribution in [3.05, 3.63) is 23.3 Å². The maximum atomic E-state index is 12.5. The molecule has 0 radical (unpaired) electrons. The number of nitrogens with one attached hydrogen (secondary N) is 1. The van der Waals surface area contributed by atoms with Crippen molar-refractivity contribution in [1.29, 1.82) is 0 Å². The van der Waals surface area contributed by atoms with Crippen LogP contribution < -0.4 is 5.32 Å². The van der Waals surface area contributed by atoms with E-state index in [0.717, 1.165) is 12.8 Å². The average Bonchev–Trinajstić information content (AvgIpc) is 2.92. The smallest absolute Gasteiger partial charge is 0.407 e. The summed E-state index contributed by atoms with van der Waals surface area (Å²) in [6, 6.07) is 0. The molecule has 5 heteroatoms. The summed E-state index contributed by atoms with van der Waals surface area (Å²) >= 11 is 0. The summed E-state index contributed by atoms with van der Waals surface area (Å²) in [5, 5.41) is 2.79. The molecular weight excluding hydrogens is 328 g/mol. The summed E-state index contributed by atoms with van der Waals surface area (Å²) in [6.07, 6.45) is 7.19. The molecule has 0 aromatic heterocycles. The minimum absolute atomic E-state index is 0.00555. The van der Waals surface area contributed by atoms with Gasteiger partial charge in [-0.1, -0.05) is 25.5 Å². The van der Waals surface area contributed by atoms with Gasteiger partial charge >= 0.3 is 6.09 Å². The van der Waals surface area contributed by atoms with E-state index < -0.39 is 6.09 Å². The van der Waals surface area contributed by atoms with E-state index >= 15 is 0 Å². The number of hydrogen-bond donors (Lipinski definition) is 1. The number of amides is 2. The maximum Gasteiger partial charge on any atom is 0.407 e. The fourth-order valence-electron chi connectivity index (χ4n) is 3.78. The van der Waals surface area contributed by atoms with Gasteiger partial charge in [-0.05, 0) is 57.9 Å². The third-order valence-corrected chi connectivity index (χ3v) is 5.14. The first-order valence-electron chi connectivity index (χ1n) is 9.64. The second-order valence-electron chi connectivity index (χ2n) is 9.24. The Labute approximate surface area is 157 Å². The number of alkyl carbamates (subject to hydrolysis) is 1. The summed E-state index contributed by atoms with van der Waals surface area (Å²) in [5.41, 5.74) is 2.47. The highest BCUT2D eigenvalue weighted by Gasteiger charge is 2.30. The third-order valence-electron chi connectivity index (χ3n) is 5.14. The van der Waals surface area contributed by atoms with Crippen molar-refractivity contribution in [1.82, 2.24) is 10.2 Å². The third kappa shape index (κ3) is 5.61. The van der Waals surface area contributed by atoms with Crippen LogP contribution in [0.5, 0.6) is 0 Å². The van der Waals surface area contributed by atoms with Crippen LogP contribution in [0.15, 0.2) is 23.3 Å². The molecule has 2 rings (SSSR count). The summed E-state index contributed by atoms with van der Waals surface area (Å²) in [6.45, 7) is 13.5. The van der Waals surface area contributed by atoms with Crippen molar-refractivity contribution in [3.63, 3.8) is 0 Å². The van der Waals surface area contributed by atoms with Crippen molar-refractivity contribution < 1.29 is 14.3 Å². The molecule has 1 fully saturated rings. The molecule has 1 atom stereocenters.